The quantitative estimate of drug-likeness (QED) is 0.391. The number of carbonyl (C=O) groups excluding carboxylic acids is 3. The standard InChI is InChI=1S/C33H42N8O6/c1-33(2,3)47-32(44)38-12-8-22(9-13-38)40-21-24(19-28(40)42)46-31(43)39-17-15-37(16-18-39)27-10-14-41-29(36-27)26(20-35-41)25-5-4-11-34-30(25)45-23-6-7-23/h4-5,10-11,14,20,22-24H,6-9,12-13,15-19,21H2,1-3H3/t24-/m0/s1. The summed E-state index contributed by atoms with van der Waals surface area (Å²) in [6, 6.07) is 5.81. The minimum absolute atomic E-state index is 0.0125. The van der Waals surface area contributed by atoms with Crippen molar-refractivity contribution in [1.82, 2.24) is 34.3 Å². The van der Waals surface area contributed by atoms with Crippen LogP contribution in [0.4, 0.5) is 15.4 Å². The van der Waals surface area contributed by atoms with Gasteiger partial charge in [-0.2, -0.15) is 5.10 Å². The molecule has 0 radical (unpaired) electrons. The van der Waals surface area contributed by atoms with E-state index in [0.29, 0.717) is 70.2 Å². The molecule has 4 fully saturated rings. The summed E-state index contributed by atoms with van der Waals surface area (Å²) in [6.45, 7) is 9.13. The Bertz CT molecular complexity index is 1640. The van der Waals surface area contributed by atoms with E-state index >= 15 is 0 Å². The van der Waals surface area contributed by atoms with Crippen LogP contribution in [0.5, 0.6) is 5.88 Å². The van der Waals surface area contributed by atoms with Gasteiger partial charge in [0.25, 0.3) is 0 Å². The lowest BCUT2D eigenvalue weighted by Gasteiger charge is -2.37. The van der Waals surface area contributed by atoms with Gasteiger partial charge in [0.1, 0.15) is 23.6 Å². The van der Waals surface area contributed by atoms with Crippen molar-refractivity contribution in [2.45, 2.75) is 76.7 Å². The number of pyridine rings is 1. The van der Waals surface area contributed by atoms with Crippen LogP contribution in [0.2, 0.25) is 0 Å². The Morgan fingerprint density at radius 2 is 1.64 bits per heavy atom. The smallest absolute Gasteiger partial charge is 0.410 e. The molecule has 14 nitrogen and oxygen atoms in total. The zero-order valence-electron chi connectivity index (χ0n) is 27.2. The zero-order chi connectivity index (χ0) is 32.7. The Balaban J connectivity index is 0.916. The van der Waals surface area contributed by atoms with E-state index in [1.165, 1.54) is 0 Å². The predicted molar refractivity (Wildman–Crippen MR) is 171 cm³/mol. The first kappa shape index (κ1) is 31.0. The van der Waals surface area contributed by atoms with Gasteiger partial charge in [0.15, 0.2) is 5.65 Å². The van der Waals surface area contributed by atoms with Crippen molar-refractivity contribution >= 4 is 29.6 Å². The number of ether oxygens (including phenoxy) is 3. The van der Waals surface area contributed by atoms with Gasteiger partial charge in [-0.25, -0.2) is 24.1 Å². The van der Waals surface area contributed by atoms with Gasteiger partial charge in [-0.05, 0) is 64.7 Å². The lowest BCUT2D eigenvalue weighted by atomic mass is 10.0. The molecule has 6 heterocycles. The molecule has 7 rings (SSSR count). The van der Waals surface area contributed by atoms with E-state index in [4.69, 9.17) is 19.2 Å². The molecule has 0 spiro atoms. The van der Waals surface area contributed by atoms with E-state index in [2.05, 4.69) is 15.0 Å². The van der Waals surface area contributed by atoms with E-state index in [1.54, 1.807) is 26.7 Å². The van der Waals surface area contributed by atoms with Crippen LogP contribution >= 0.6 is 0 Å². The van der Waals surface area contributed by atoms with Crippen LogP contribution in [0, 0.1) is 0 Å². The lowest BCUT2D eigenvalue weighted by Crippen LogP contribution is -2.50. The molecular weight excluding hydrogens is 604 g/mol. The highest BCUT2D eigenvalue weighted by atomic mass is 16.6. The predicted octanol–water partition coefficient (Wildman–Crippen LogP) is 3.59. The molecule has 3 aromatic rings. The van der Waals surface area contributed by atoms with E-state index in [0.717, 1.165) is 29.8 Å². The Morgan fingerprint density at radius 3 is 2.36 bits per heavy atom. The highest BCUT2D eigenvalue weighted by Gasteiger charge is 2.39. The summed E-state index contributed by atoms with van der Waals surface area (Å²) in [7, 11) is 0. The molecule has 0 unspecified atom stereocenters. The number of hydrogen-bond donors (Lipinski definition) is 0. The molecule has 3 amide bonds. The maximum Gasteiger partial charge on any atom is 0.410 e. The summed E-state index contributed by atoms with van der Waals surface area (Å²) in [5, 5.41) is 4.50. The van der Waals surface area contributed by atoms with Crippen molar-refractivity contribution in [3.05, 3.63) is 36.8 Å². The Hall–Kier alpha value is -4.62. The second kappa shape index (κ2) is 12.5. The third-order valence-electron chi connectivity index (χ3n) is 9.03. The monoisotopic (exact) mass is 646 g/mol. The molecule has 3 aromatic heterocycles. The van der Waals surface area contributed by atoms with Crippen LogP contribution in [0.15, 0.2) is 36.8 Å². The maximum atomic E-state index is 13.1. The molecule has 3 aliphatic heterocycles. The zero-order valence-corrected chi connectivity index (χ0v) is 27.2. The minimum Gasteiger partial charge on any atom is -0.474 e. The number of aromatic nitrogens is 4. The number of piperidine rings is 1. The number of hydrogen-bond acceptors (Lipinski definition) is 10. The number of anilines is 1. The van der Waals surface area contributed by atoms with Gasteiger partial charge in [-0.1, -0.05) is 0 Å². The number of likely N-dealkylation sites (tertiary alicyclic amines) is 2. The van der Waals surface area contributed by atoms with Gasteiger partial charge in [0.2, 0.25) is 11.8 Å². The molecule has 0 bridgehead atoms. The summed E-state index contributed by atoms with van der Waals surface area (Å²) in [5.74, 6) is 1.39. The van der Waals surface area contributed by atoms with Crippen molar-refractivity contribution in [2.75, 3.05) is 50.7 Å². The Labute approximate surface area is 273 Å². The van der Waals surface area contributed by atoms with Crippen LogP contribution in [-0.2, 0) is 14.3 Å². The minimum atomic E-state index is -0.547. The highest BCUT2D eigenvalue weighted by Crippen LogP contribution is 2.35. The molecule has 47 heavy (non-hydrogen) atoms. The molecule has 1 saturated carbocycles. The SMILES string of the molecule is CC(C)(C)OC(=O)N1CCC(N2C[C@@H](OC(=O)N3CCN(c4ccn5ncc(-c6cccnc6OC6CC6)c5n4)CC3)CC2=O)CC1. The van der Waals surface area contributed by atoms with Gasteiger partial charge >= 0.3 is 12.2 Å². The fourth-order valence-electron chi connectivity index (χ4n) is 6.41. The summed E-state index contributed by atoms with van der Waals surface area (Å²) in [6.07, 6.45) is 8.05. The van der Waals surface area contributed by atoms with Crippen LogP contribution in [0.3, 0.4) is 0 Å². The molecule has 0 aromatic carbocycles. The van der Waals surface area contributed by atoms with Gasteiger partial charge in [-0.15, -0.1) is 0 Å². The summed E-state index contributed by atoms with van der Waals surface area (Å²) in [5.41, 5.74) is 1.88. The van der Waals surface area contributed by atoms with E-state index in [9.17, 15) is 14.4 Å². The van der Waals surface area contributed by atoms with Crippen LogP contribution in [-0.4, -0.2) is 122 Å². The van der Waals surface area contributed by atoms with Crippen molar-refractivity contribution in [3.8, 4) is 17.0 Å². The van der Waals surface area contributed by atoms with Gasteiger partial charge in [0.05, 0.1) is 24.7 Å². The number of amides is 3. The highest BCUT2D eigenvalue weighted by molar-refractivity contribution is 5.81. The first-order valence-electron chi connectivity index (χ1n) is 16.6. The topological polar surface area (TPSA) is 135 Å². The molecular formula is C33H42N8O6. The summed E-state index contributed by atoms with van der Waals surface area (Å²) < 4.78 is 19.1. The third-order valence-corrected chi connectivity index (χ3v) is 9.03. The molecule has 1 atom stereocenters. The normalized spacial score (nSPS) is 21.0. The number of carbonyl (C=O) groups is 3. The van der Waals surface area contributed by atoms with Crippen molar-refractivity contribution in [1.29, 1.82) is 0 Å². The Morgan fingerprint density at radius 1 is 0.894 bits per heavy atom. The summed E-state index contributed by atoms with van der Waals surface area (Å²) in [4.78, 5) is 55.2. The second-order valence-corrected chi connectivity index (χ2v) is 13.7. The molecule has 14 heteroatoms. The van der Waals surface area contributed by atoms with Crippen LogP contribution in [0.25, 0.3) is 16.8 Å². The van der Waals surface area contributed by atoms with Gasteiger partial charge in [-0.3, -0.25) is 4.79 Å². The first-order valence-corrected chi connectivity index (χ1v) is 16.6. The molecule has 4 aliphatic rings. The number of fused-ring (bicyclic) bond motifs is 1. The number of piperazine rings is 1. The van der Waals surface area contributed by atoms with Crippen molar-refractivity contribution < 1.29 is 28.6 Å². The lowest BCUT2D eigenvalue weighted by molar-refractivity contribution is -0.130. The first-order chi connectivity index (χ1) is 22.6. The van der Waals surface area contributed by atoms with Crippen molar-refractivity contribution in [3.63, 3.8) is 0 Å². The average molecular weight is 647 g/mol. The van der Waals surface area contributed by atoms with E-state index in [1.807, 2.05) is 50.1 Å². The number of nitrogens with zero attached hydrogens (tertiary/aromatic N) is 8. The van der Waals surface area contributed by atoms with Crippen LogP contribution < -0.4 is 9.64 Å². The second-order valence-electron chi connectivity index (χ2n) is 13.7. The summed E-state index contributed by atoms with van der Waals surface area (Å²) >= 11 is 0. The van der Waals surface area contributed by atoms with E-state index < -0.39 is 17.8 Å². The molecule has 1 aliphatic carbocycles. The van der Waals surface area contributed by atoms with Gasteiger partial charge in [0, 0.05) is 63.3 Å². The molecule has 250 valence electrons. The molecule has 3 saturated heterocycles. The fraction of sp³-hybridized carbons (Fsp3) is 0.576. The fourth-order valence-corrected chi connectivity index (χ4v) is 6.41. The average Bonchev–Trinajstić information content (AvgIpc) is 3.66. The largest absolute Gasteiger partial charge is 0.474 e. The third kappa shape index (κ3) is 6.91. The molecule has 0 N–H and O–H groups in total. The maximum absolute atomic E-state index is 13.1. The van der Waals surface area contributed by atoms with Gasteiger partial charge < -0.3 is 33.8 Å². The number of rotatable bonds is 6. The Kier molecular flexibility index (Phi) is 8.27. The van der Waals surface area contributed by atoms with Crippen molar-refractivity contribution in [2.24, 2.45) is 0 Å². The van der Waals surface area contributed by atoms with Crippen LogP contribution in [0.1, 0.15) is 52.9 Å². The van der Waals surface area contributed by atoms with E-state index in [-0.39, 0.29) is 30.6 Å².